The first kappa shape index (κ1) is 12.0. The molecule has 1 rings (SSSR count). The summed E-state index contributed by atoms with van der Waals surface area (Å²) in [7, 11) is 0. The maximum absolute atomic E-state index is 12.5. The molecular formula is C11H14F3N. The molecule has 0 bridgehead atoms. The standard InChI is InChI=1S/C11H14F3N/c1-9-7-10(11(12,13)14)5-3-2-4-6-15-8-9/h3,5-7,9H,2,4,8H2,1H3/b5-3-,10-7+,15-6?. The second-order valence-electron chi connectivity index (χ2n) is 3.62. The van der Waals surface area contributed by atoms with Crippen LogP contribution >= 0.6 is 0 Å². The van der Waals surface area contributed by atoms with Gasteiger partial charge in [-0.1, -0.05) is 25.2 Å². The van der Waals surface area contributed by atoms with Gasteiger partial charge in [-0.3, -0.25) is 4.99 Å². The van der Waals surface area contributed by atoms with Crippen LogP contribution in [0.1, 0.15) is 19.8 Å². The zero-order chi connectivity index (χ0) is 11.3. The van der Waals surface area contributed by atoms with Crippen LogP contribution in [-0.4, -0.2) is 18.9 Å². The number of halogens is 3. The Labute approximate surface area is 87.4 Å². The van der Waals surface area contributed by atoms with Gasteiger partial charge >= 0.3 is 6.18 Å². The molecule has 0 saturated carbocycles. The van der Waals surface area contributed by atoms with Crippen molar-refractivity contribution in [2.75, 3.05) is 6.54 Å². The van der Waals surface area contributed by atoms with Crippen molar-refractivity contribution >= 4 is 6.21 Å². The van der Waals surface area contributed by atoms with Gasteiger partial charge in [0.15, 0.2) is 0 Å². The van der Waals surface area contributed by atoms with Crippen LogP contribution in [0.5, 0.6) is 0 Å². The molecule has 0 saturated heterocycles. The minimum absolute atomic E-state index is 0.180. The highest BCUT2D eigenvalue weighted by molar-refractivity contribution is 5.57. The van der Waals surface area contributed by atoms with Crippen molar-refractivity contribution in [3.05, 3.63) is 23.8 Å². The summed E-state index contributed by atoms with van der Waals surface area (Å²) in [6, 6.07) is 0. The van der Waals surface area contributed by atoms with Crippen LogP contribution < -0.4 is 0 Å². The van der Waals surface area contributed by atoms with Crippen molar-refractivity contribution in [3.63, 3.8) is 0 Å². The number of nitrogens with zero attached hydrogens (tertiary/aromatic N) is 1. The molecule has 0 spiro atoms. The number of rotatable bonds is 0. The van der Waals surface area contributed by atoms with Gasteiger partial charge in [-0.25, -0.2) is 0 Å². The number of alkyl halides is 3. The second kappa shape index (κ2) is 5.14. The van der Waals surface area contributed by atoms with Crippen LogP contribution in [0.3, 0.4) is 0 Å². The van der Waals surface area contributed by atoms with E-state index in [1.54, 1.807) is 19.2 Å². The van der Waals surface area contributed by atoms with Crippen LogP contribution in [0.4, 0.5) is 13.2 Å². The number of allylic oxidation sites excluding steroid dienone is 3. The van der Waals surface area contributed by atoms with Gasteiger partial charge in [0.25, 0.3) is 0 Å². The molecule has 0 aliphatic carbocycles. The monoisotopic (exact) mass is 217 g/mol. The Hall–Kier alpha value is -1.06. The molecule has 15 heavy (non-hydrogen) atoms. The quantitative estimate of drug-likeness (QED) is 0.588. The summed E-state index contributed by atoms with van der Waals surface area (Å²) in [5.41, 5.74) is -0.563. The first-order valence-electron chi connectivity index (χ1n) is 4.94. The zero-order valence-corrected chi connectivity index (χ0v) is 8.59. The second-order valence-corrected chi connectivity index (χ2v) is 3.62. The highest BCUT2D eigenvalue weighted by atomic mass is 19.4. The predicted octanol–water partition coefficient (Wildman–Crippen LogP) is 3.53. The van der Waals surface area contributed by atoms with E-state index in [-0.39, 0.29) is 5.92 Å². The lowest BCUT2D eigenvalue weighted by Gasteiger charge is -2.11. The van der Waals surface area contributed by atoms with Crippen molar-refractivity contribution < 1.29 is 13.2 Å². The van der Waals surface area contributed by atoms with Crippen molar-refractivity contribution in [1.29, 1.82) is 0 Å². The Morgan fingerprint density at radius 1 is 1.33 bits per heavy atom. The summed E-state index contributed by atoms with van der Waals surface area (Å²) in [6.07, 6.45) is 2.76. The first-order valence-corrected chi connectivity index (χ1v) is 4.94. The van der Waals surface area contributed by atoms with Crippen LogP contribution in [-0.2, 0) is 0 Å². The Kier molecular flexibility index (Phi) is 4.12. The van der Waals surface area contributed by atoms with Gasteiger partial charge in [-0.05, 0) is 25.0 Å². The van der Waals surface area contributed by atoms with Crippen molar-refractivity contribution in [3.8, 4) is 0 Å². The molecule has 1 atom stereocenters. The largest absolute Gasteiger partial charge is 0.416 e. The maximum Gasteiger partial charge on any atom is 0.416 e. The summed E-state index contributed by atoms with van der Waals surface area (Å²) >= 11 is 0. The molecule has 0 N–H and O–H groups in total. The van der Waals surface area contributed by atoms with E-state index < -0.39 is 11.7 Å². The molecule has 0 aromatic heterocycles. The molecule has 84 valence electrons. The van der Waals surface area contributed by atoms with Gasteiger partial charge in [0.05, 0.1) is 5.57 Å². The fourth-order valence-corrected chi connectivity index (χ4v) is 1.32. The highest BCUT2D eigenvalue weighted by Gasteiger charge is 2.31. The molecule has 0 radical (unpaired) electrons. The van der Waals surface area contributed by atoms with Crippen LogP contribution in [0.15, 0.2) is 28.8 Å². The Balaban J connectivity index is 2.89. The van der Waals surface area contributed by atoms with Gasteiger partial charge in [-0.2, -0.15) is 13.2 Å². The van der Waals surface area contributed by atoms with E-state index >= 15 is 0 Å². The van der Waals surface area contributed by atoms with Crippen molar-refractivity contribution in [2.24, 2.45) is 10.9 Å². The van der Waals surface area contributed by atoms with Gasteiger partial charge < -0.3 is 0 Å². The smallest absolute Gasteiger partial charge is 0.297 e. The Morgan fingerprint density at radius 3 is 2.73 bits per heavy atom. The van der Waals surface area contributed by atoms with Crippen LogP contribution in [0.25, 0.3) is 0 Å². The predicted molar refractivity (Wildman–Crippen MR) is 55.0 cm³/mol. The third kappa shape index (κ3) is 4.32. The third-order valence-electron chi connectivity index (χ3n) is 2.07. The highest BCUT2D eigenvalue weighted by Crippen LogP contribution is 2.28. The van der Waals surface area contributed by atoms with E-state index in [9.17, 15) is 13.2 Å². The zero-order valence-electron chi connectivity index (χ0n) is 8.59. The lowest BCUT2D eigenvalue weighted by Crippen LogP contribution is -2.12. The lowest BCUT2D eigenvalue weighted by molar-refractivity contribution is -0.0886. The number of hydrogen-bond donors (Lipinski definition) is 0. The molecule has 0 fully saturated rings. The SMILES string of the molecule is CC1/C=C(C(F)(F)F)\C=C/CCC=NC1. The number of aliphatic imine (C=N–C) groups is 1. The Bertz CT molecular complexity index is 287. The van der Waals surface area contributed by atoms with Crippen molar-refractivity contribution in [1.82, 2.24) is 0 Å². The lowest BCUT2D eigenvalue weighted by atomic mass is 10.1. The molecular weight excluding hydrogens is 203 g/mol. The third-order valence-corrected chi connectivity index (χ3v) is 2.07. The van der Waals surface area contributed by atoms with Crippen molar-refractivity contribution in [2.45, 2.75) is 25.9 Å². The van der Waals surface area contributed by atoms with Crippen LogP contribution in [0.2, 0.25) is 0 Å². The van der Waals surface area contributed by atoms with Gasteiger partial charge in [0.1, 0.15) is 0 Å². The summed E-state index contributed by atoms with van der Waals surface area (Å²) in [6.45, 7) is 2.16. The van der Waals surface area contributed by atoms with E-state index in [4.69, 9.17) is 0 Å². The average molecular weight is 217 g/mol. The molecule has 1 aliphatic rings. The minimum atomic E-state index is -4.26. The fraction of sp³-hybridized carbons (Fsp3) is 0.545. The molecule has 0 amide bonds. The van der Waals surface area contributed by atoms with Gasteiger partial charge in [0, 0.05) is 6.54 Å². The van der Waals surface area contributed by atoms with Gasteiger partial charge in [-0.15, -0.1) is 0 Å². The molecule has 4 heteroatoms. The molecule has 1 aliphatic heterocycles. The molecule has 0 aromatic carbocycles. The average Bonchev–Trinajstić information content (AvgIpc) is 2.13. The fourth-order valence-electron chi connectivity index (χ4n) is 1.32. The first-order chi connectivity index (χ1) is 7.00. The summed E-state index contributed by atoms with van der Waals surface area (Å²) in [5.74, 6) is -0.180. The van der Waals surface area contributed by atoms with Gasteiger partial charge in [0.2, 0.25) is 0 Å². The van der Waals surface area contributed by atoms with E-state index in [1.807, 2.05) is 0 Å². The van der Waals surface area contributed by atoms with E-state index in [1.165, 1.54) is 6.08 Å². The maximum atomic E-state index is 12.5. The molecule has 1 unspecified atom stereocenters. The summed E-state index contributed by atoms with van der Waals surface area (Å²) in [5, 5.41) is 0. The normalized spacial score (nSPS) is 29.3. The van der Waals surface area contributed by atoms with Crippen LogP contribution in [0, 0.1) is 5.92 Å². The molecule has 0 aromatic rings. The summed E-state index contributed by atoms with van der Waals surface area (Å²) in [4.78, 5) is 4.06. The van der Waals surface area contributed by atoms with E-state index in [2.05, 4.69) is 4.99 Å². The topological polar surface area (TPSA) is 12.4 Å². The molecule has 1 nitrogen and oxygen atoms in total. The molecule has 1 heterocycles. The summed E-state index contributed by atoms with van der Waals surface area (Å²) < 4.78 is 37.5. The number of hydrogen-bond acceptors (Lipinski definition) is 1. The van der Waals surface area contributed by atoms with E-state index in [0.717, 1.165) is 6.08 Å². The Morgan fingerprint density at radius 2 is 2.07 bits per heavy atom. The van der Waals surface area contributed by atoms with E-state index in [0.29, 0.717) is 19.4 Å². The minimum Gasteiger partial charge on any atom is -0.297 e.